The predicted molar refractivity (Wildman–Crippen MR) is 106 cm³/mol. The van der Waals surface area contributed by atoms with Crippen LogP contribution in [0.1, 0.15) is 39.7 Å². The van der Waals surface area contributed by atoms with Gasteiger partial charge in [0.1, 0.15) is 19.9 Å². The van der Waals surface area contributed by atoms with E-state index in [4.69, 9.17) is 21.1 Å². The highest BCUT2D eigenvalue weighted by molar-refractivity contribution is 14.1. The van der Waals surface area contributed by atoms with Crippen molar-refractivity contribution in [3.05, 3.63) is 21.0 Å². The second-order valence-corrected chi connectivity index (χ2v) is 14.0. The monoisotopic (exact) mass is 463 g/mol. The van der Waals surface area contributed by atoms with E-state index in [-0.39, 0.29) is 5.04 Å². The molecule has 0 radical (unpaired) electrons. The van der Waals surface area contributed by atoms with E-state index in [9.17, 15) is 0 Å². The van der Waals surface area contributed by atoms with E-state index in [1.54, 1.807) is 6.07 Å². The van der Waals surface area contributed by atoms with Gasteiger partial charge in [0.15, 0.2) is 8.32 Å². The highest BCUT2D eigenvalue weighted by Gasteiger charge is 2.43. The number of halogens is 2. The molecule has 1 fully saturated rings. The molecule has 0 amide bonds. The Bertz CT molecular complexity index is 735. The molecule has 1 aliphatic rings. The van der Waals surface area contributed by atoms with Crippen molar-refractivity contribution in [2.24, 2.45) is 0 Å². The zero-order chi connectivity index (χ0) is 17.0. The molecule has 7 heteroatoms. The van der Waals surface area contributed by atoms with Crippen molar-refractivity contribution in [3.8, 4) is 0 Å². The molecule has 0 aromatic carbocycles. The van der Waals surface area contributed by atoms with E-state index in [1.807, 2.05) is 6.07 Å². The molecule has 2 aromatic heterocycles. The zero-order valence-corrected chi connectivity index (χ0v) is 18.1. The van der Waals surface area contributed by atoms with Crippen LogP contribution < -0.4 is 0 Å². The Balaban J connectivity index is 1.72. The third-order valence-corrected chi connectivity index (χ3v) is 10.9. The zero-order valence-electron chi connectivity index (χ0n) is 14.2. The Kier molecular flexibility index (Phi) is 4.57. The highest BCUT2D eigenvalue weighted by Crippen LogP contribution is 2.43. The lowest BCUT2D eigenvalue weighted by atomic mass is 9.90. The number of hydrogen-bond acceptors (Lipinski definition) is 3. The quantitative estimate of drug-likeness (QED) is 0.347. The number of aromatic nitrogens is 3. The van der Waals surface area contributed by atoms with Crippen molar-refractivity contribution in [2.45, 2.75) is 63.9 Å². The normalized spacial score (nSPS) is 22.4. The Labute approximate surface area is 157 Å². The van der Waals surface area contributed by atoms with Crippen LogP contribution in [0.5, 0.6) is 0 Å². The first-order valence-corrected chi connectivity index (χ1v) is 12.3. The van der Waals surface area contributed by atoms with Crippen molar-refractivity contribution in [2.75, 3.05) is 0 Å². The van der Waals surface area contributed by atoms with Gasteiger partial charge in [-0.15, -0.1) is 0 Å². The summed E-state index contributed by atoms with van der Waals surface area (Å²) in [4.78, 5) is 4.40. The molecule has 4 nitrogen and oxygen atoms in total. The first-order valence-electron chi connectivity index (χ1n) is 7.96. The van der Waals surface area contributed by atoms with Crippen molar-refractivity contribution in [1.82, 2.24) is 14.8 Å². The molecule has 0 unspecified atom stereocenters. The average molecular weight is 464 g/mol. The molecule has 126 valence electrons. The van der Waals surface area contributed by atoms with E-state index in [0.717, 1.165) is 27.6 Å². The summed E-state index contributed by atoms with van der Waals surface area (Å²) in [5, 5.41) is 5.47. The fraction of sp³-hybridized carbons (Fsp3) is 0.625. The molecule has 0 spiro atoms. The van der Waals surface area contributed by atoms with Gasteiger partial charge in [0.25, 0.3) is 0 Å². The fourth-order valence-electron chi connectivity index (χ4n) is 2.60. The molecule has 3 rings (SSSR count). The second-order valence-electron chi connectivity index (χ2n) is 7.86. The highest BCUT2D eigenvalue weighted by atomic mass is 127. The van der Waals surface area contributed by atoms with Gasteiger partial charge >= 0.3 is 0 Å². The van der Waals surface area contributed by atoms with Crippen molar-refractivity contribution < 1.29 is 4.43 Å². The van der Waals surface area contributed by atoms with Gasteiger partial charge < -0.3 is 4.43 Å². The molecule has 2 heterocycles. The summed E-state index contributed by atoms with van der Waals surface area (Å²) in [5.41, 5.74) is 1.81. The molecular formula is C16H23ClIN3OSi. The van der Waals surface area contributed by atoms with E-state index in [0.29, 0.717) is 17.3 Å². The van der Waals surface area contributed by atoms with E-state index in [2.05, 4.69) is 66.1 Å². The van der Waals surface area contributed by atoms with Crippen LogP contribution in [0.15, 0.2) is 12.1 Å². The predicted octanol–water partition coefficient (Wildman–Crippen LogP) is 5.41. The lowest BCUT2D eigenvalue weighted by molar-refractivity contribution is 0.0519. The Hall–Kier alpha value is -0.183. The van der Waals surface area contributed by atoms with Gasteiger partial charge in [-0.1, -0.05) is 32.4 Å². The first kappa shape index (κ1) is 17.6. The minimum Gasteiger partial charge on any atom is -0.414 e. The molecule has 1 aliphatic carbocycles. The van der Waals surface area contributed by atoms with Gasteiger partial charge in [-0.2, -0.15) is 5.10 Å². The van der Waals surface area contributed by atoms with Crippen molar-refractivity contribution in [3.63, 3.8) is 0 Å². The van der Waals surface area contributed by atoms with Gasteiger partial charge in [-0.25, -0.2) is 4.98 Å². The molecule has 0 atom stereocenters. The first-order chi connectivity index (χ1) is 10.6. The van der Waals surface area contributed by atoms with Gasteiger partial charge in [0.2, 0.25) is 0 Å². The number of rotatable bonds is 3. The van der Waals surface area contributed by atoms with E-state index >= 15 is 0 Å². The van der Waals surface area contributed by atoms with Crippen molar-refractivity contribution in [1.29, 1.82) is 0 Å². The third-order valence-electron chi connectivity index (χ3n) is 5.14. The molecule has 0 aliphatic heterocycles. The lowest BCUT2D eigenvalue weighted by Gasteiger charge is -2.44. The van der Waals surface area contributed by atoms with Gasteiger partial charge in [0, 0.05) is 6.10 Å². The maximum Gasteiger partial charge on any atom is 0.192 e. The summed E-state index contributed by atoms with van der Waals surface area (Å²) in [6.45, 7) is 11.5. The third kappa shape index (κ3) is 3.32. The van der Waals surface area contributed by atoms with Crippen LogP contribution in [0.4, 0.5) is 0 Å². The fourth-order valence-corrected chi connectivity index (χ4v) is 5.02. The van der Waals surface area contributed by atoms with Crippen LogP contribution in [0.25, 0.3) is 11.0 Å². The van der Waals surface area contributed by atoms with Crippen LogP contribution in [0, 0.1) is 3.70 Å². The minimum absolute atomic E-state index is 0.257. The molecule has 1 saturated carbocycles. The number of fused-ring (bicyclic) bond motifs is 1. The minimum atomic E-state index is -1.68. The maximum absolute atomic E-state index is 6.48. The number of hydrogen-bond donors (Lipinski definition) is 0. The van der Waals surface area contributed by atoms with Crippen LogP contribution in [0.3, 0.4) is 0 Å². The summed E-state index contributed by atoms with van der Waals surface area (Å²) >= 11 is 8.32. The topological polar surface area (TPSA) is 39.9 Å². The van der Waals surface area contributed by atoms with Gasteiger partial charge in [0.05, 0.1) is 6.04 Å². The Morgan fingerprint density at radius 2 is 1.96 bits per heavy atom. The summed E-state index contributed by atoms with van der Waals surface area (Å²) in [6, 6.07) is 4.14. The number of pyridine rings is 1. The van der Waals surface area contributed by atoms with Crippen LogP contribution in [0.2, 0.25) is 23.3 Å². The smallest absolute Gasteiger partial charge is 0.192 e. The van der Waals surface area contributed by atoms with Crippen LogP contribution >= 0.6 is 34.2 Å². The standard InChI is InChI=1S/C16H23ClIN3OSi/c1-16(2,3)23(4,5)22-11-8-10(9-11)21-15(18)14-12(20-21)6-7-13(17)19-14/h6-7,10-11H,8-9H2,1-5H3. The maximum atomic E-state index is 6.48. The second kappa shape index (κ2) is 5.96. The Morgan fingerprint density at radius 3 is 2.57 bits per heavy atom. The lowest BCUT2D eigenvalue weighted by Crippen LogP contribution is -2.48. The summed E-state index contributed by atoms with van der Waals surface area (Å²) < 4.78 is 9.64. The molecule has 2 aromatic rings. The van der Waals surface area contributed by atoms with Crippen LogP contribution in [-0.4, -0.2) is 29.2 Å². The number of nitrogens with zero attached hydrogens (tertiary/aromatic N) is 3. The van der Waals surface area contributed by atoms with E-state index < -0.39 is 8.32 Å². The largest absolute Gasteiger partial charge is 0.414 e. The summed E-state index contributed by atoms with van der Waals surface area (Å²) in [5.74, 6) is 0. The SMILES string of the molecule is CC(C)(C)[Si](C)(C)OC1CC(n2nc3ccc(Cl)nc3c2I)C1. The molecule has 0 bridgehead atoms. The average Bonchev–Trinajstić information content (AvgIpc) is 2.69. The molecular weight excluding hydrogens is 441 g/mol. The van der Waals surface area contributed by atoms with Gasteiger partial charge in [-0.3, -0.25) is 4.68 Å². The van der Waals surface area contributed by atoms with Crippen LogP contribution in [-0.2, 0) is 4.43 Å². The molecule has 0 N–H and O–H groups in total. The van der Waals surface area contributed by atoms with E-state index in [1.165, 1.54) is 0 Å². The van der Waals surface area contributed by atoms with Crippen molar-refractivity contribution >= 4 is 53.5 Å². The van der Waals surface area contributed by atoms with Gasteiger partial charge in [-0.05, 0) is 65.7 Å². The molecule has 23 heavy (non-hydrogen) atoms. The molecule has 0 saturated heterocycles. The Morgan fingerprint density at radius 1 is 1.30 bits per heavy atom. The summed E-state index contributed by atoms with van der Waals surface area (Å²) in [7, 11) is -1.68. The summed E-state index contributed by atoms with van der Waals surface area (Å²) in [6.07, 6.45) is 2.43.